The SMILES string of the molecule is CSc1cccc(N(C)Cc2ccccc2Cl)c1C#N. The molecule has 0 aliphatic heterocycles. The molecule has 0 aromatic heterocycles. The van der Waals surface area contributed by atoms with Gasteiger partial charge in [0, 0.05) is 23.5 Å². The summed E-state index contributed by atoms with van der Waals surface area (Å²) in [6, 6.07) is 16.0. The van der Waals surface area contributed by atoms with Gasteiger partial charge in [-0.3, -0.25) is 0 Å². The maximum Gasteiger partial charge on any atom is 0.103 e. The molecule has 0 heterocycles. The molecular formula is C16H15ClN2S. The smallest absolute Gasteiger partial charge is 0.103 e. The number of nitriles is 1. The van der Waals surface area contributed by atoms with Crippen LogP contribution in [0.25, 0.3) is 0 Å². The number of thioether (sulfide) groups is 1. The summed E-state index contributed by atoms with van der Waals surface area (Å²) in [7, 11) is 1.98. The fraction of sp³-hybridized carbons (Fsp3) is 0.188. The van der Waals surface area contributed by atoms with E-state index in [1.807, 2.05) is 55.8 Å². The van der Waals surface area contributed by atoms with Gasteiger partial charge in [0.15, 0.2) is 0 Å². The number of nitrogens with zero attached hydrogens (tertiary/aromatic N) is 2. The van der Waals surface area contributed by atoms with E-state index in [2.05, 4.69) is 11.0 Å². The lowest BCUT2D eigenvalue weighted by Crippen LogP contribution is -2.18. The molecule has 2 nitrogen and oxygen atoms in total. The Hall–Kier alpha value is -1.63. The van der Waals surface area contributed by atoms with E-state index in [0.717, 1.165) is 26.7 Å². The average Bonchev–Trinajstić information content (AvgIpc) is 2.48. The van der Waals surface area contributed by atoms with Crippen LogP contribution in [0.5, 0.6) is 0 Å². The van der Waals surface area contributed by atoms with Gasteiger partial charge in [-0.15, -0.1) is 11.8 Å². The molecule has 0 N–H and O–H groups in total. The van der Waals surface area contributed by atoms with Crippen LogP contribution in [0.2, 0.25) is 5.02 Å². The first kappa shape index (κ1) is 14.8. The molecule has 0 saturated carbocycles. The van der Waals surface area contributed by atoms with Crippen LogP contribution >= 0.6 is 23.4 Å². The van der Waals surface area contributed by atoms with E-state index in [4.69, 9.17) is 11.6 Å². The first-order chi connectivity index (χ1) is 9.67. The monoisotopic (exact) mass is 302 g/mol. The van der Waals surface area contributed by atoms with Gasteiger partial charge in [-0.2, -0.15) is 5.26 Å². The summed E-state index contributed by atoms with van der Waals surface area (Å²) < 4.78 is 0. The number of hydrogen-bond donors (Lipinski definition) is 0. The van der Waals surface area contributed by atoms with E-state index in [9.17, 15) is 5.26 Å². The van der Waals surface area contributed by atoms with Crippen LogP contribution < -0.4 is 4.90 Å². The zero-order valence-corrected chi connectivity index (χ0v) is 13.0. The molecule has 20 heavy (non-hydrogen) atoms. The van der Waals surface area contributed by atoms with Crippen molar-refractivity contribution in [2.45, 2.75) is 11.4 Å². The van der Waals surface area contributed by atoms with Gasteiger partial charge in [0.1, 0.15) is 6.07 Å². The zero-order chi connectivity index (χ0) is 14.5. The van der Waals surface area contributed by atoms with Crippen molar-refractivity contribution in [1.82, 2.24) is 0 Å². The quantitative estimate of drug-likeness (QED) is 0.774. The zero-order valence-electron chi connectivity index (χ0n) is 11.4. The van der Waals surface area contributed by atoms with Crippen molar-refractivity contribution in [1.29, 1.82) is 5.26 Å². The van der Waals surface area contributed by atoms with Crippen LogP contribution in [0.1, 0.15) is 11.1 Å². The normalized spacial score (nSPS) is 10.1. The molecule has 0 spiro atoms. The minimum Gasteiger partial charge on any atom is -0.369 e. The number of anilines is 1. The lowest BCUT2D eigenvalue weighted by Gasteiger charge is -2.22. The molecule has 0 saturated heterocycles. The summed E-state index contributed by atoms with van der Waals surface area (Å²) in [4.78, 5) is 3.05. The van der Waals surface area contributed by atoms with E-state index >= 15 is 0 Å². The van der Waals surface area contributed by atoms with Crippen LogP contribution in [-0.4, -0.2) is 13.3 Å². The second-order valence-corrected chi connectivity index (χ2v) is 5.67. The molecular weight excluding hydrogens is 288 g/mol. The van der Waals surface area contributed by atoms with Gasteiger partial charge < -0.3 is 4.90 Å². The fourth-order valence-corrected chi connectivity index (χ4v) is 2.85. The third-order valence-corrected chi connectivity index (χ3v) is 4.26. The van der Waals surface area contributed by atoms with Gasteiger partial charge in [0.25, 0.3) is 0 Å². The summed E-state index contributed by atoms with van der Waals surface area (Å²) >= 11 is 7.78. The van der Waals surface area contributed by atoms with Crippen molar-refractivity contribution in [3.8, 4) is 6.07 Å². The topological polar surface area (TPSA) is 27.0 Å². The van der Waals surface area contributed by atoms with E-state index in [-0.39, 0.29) is 0 Å². The minimum atomic E-state index is 0.673. The Balaban J connectivity index is 2.33. The third-order valence-electron chi connectivity index (χ3n) is 3.11. The minimum absolute atomic E-state index is 0.673. The van der Waals surface area contributed by atoms with Gasteiger partial charge in [-0.25, -0.2) is 0 Å². The number of hydrogen-bond acceptors (Lipinski definition) is 3. The van der Waals surface area contributed by atoms with Gasteiger partial charge in [-0.1, -0.05) is 35.9 Å². The predicted octanol–water partition coefficient (Wildman–Crippen LogP) is 4.57. The van der Waals surface area contributed by atoms with E-state index in [1.165, 1.54) is 0 Å². The number of rotatable bonds is 4. The second-order valence-electron chi connectivity index (χ2n) is 4.41. The van der Waals surface area contributed by atoms with Gasteiger partial charge in [0.2, 0.25) is 0 Å². The average molecular weight is 303 g/mol. The van der Waals surface area contributed by atoms with E-state index in [0.29, 0.717) is 6.54 Å². The molecule has 2 rings (SSSR count). The maximum absolute atomic E-state index is 9.38. The molecule has 0 radical (unpaired) electrons. The molecule has 0 bridgehead atoms. The fourth-order valence-electron chi connectivity index (χ4n) is 2.09. The van der Waals surface area contributed by atoms with Gasteiger partial charge >= 0.3 is 0 Å². The van der Waals surface area contributed by atoms with Gasteiger partial charge in [-0.05, 0) is 30.0 Å². The molecule has 0 unspecified atom stereocenters. The molecule has 2 aromatic rings. The van der Waals surface area contributed by atoms with Crippen LogP contribution in [0.4, 0.5) is 5.69 Å². The molecule has 2 aromatic carbocycles. The molecule has 0 amide bonds. The number of benzene rings is 2. The Morgan fingerprint density at radius 2 is 1.95 bits per heavy atom. The lowest BCUT2D eigenvalue weighted by atomic mass is 10.1. The molecule has 102 valence electrons. The van der Waals surface area contributed by atoms with Crippen LogP contribution in [0, 0.1) is 11.3 Å². The summed E-state index contributed by atoms with van der Waals surface area (Å²) in [5.41, 5.74) is 2.70. The Morgan fingerprint density at radius 1 is 1.20 bits per heavy atom. The van der Waals surface area contributed by atoms with Crippen LogP contribution in [0.3, 0.4) is 0 Å². The molecule has 4 heteroatoms. The van der Waals surface area contributed by atoms with E-state index in [1.54, 1.807) is 11.8 Å². The number of halogens is 1. The Labute approximate surface area is 129 Å². The lowest BCUT2D eigenvalue weighted by molar-refractivity contribution is 0.918. The third kappa shape index (κ3) is 3.09. The van der Waals surface area contributed by atoms with E-state index < -0.39 is 0 Å². The highest BCUT2D eigenvalue weighted by Crippen LogP contribution is 2.29. The van der Waals surface area contributed by atoms with Gasteiger partial charge in [0.05, 0.1) is 11.3 Å². The highest BCUT2D eigenvalue weighted by atomic mass is 35.5. The first-order valence-corrected chi connectivity index (χ1v) is 7.79. The van der Waals surface area contributed by atoms with Crippen molar-refractivity contribution < 1.29 is 0 Å². The molecule has 0 aliphatic rings. The summed E-state index contributed by atoms with van der Waals surface area (Å²) in [5, 5.41) is 10.1. The van der Waals surface area contributed by atoms with Crippen molar-refractivity contribution in [2.75, 3.05) is 18.2 Å². The van der Waals surface area contributed by atoms with Crippen molar-refractivity contribution >= 4 is 29.1 Å². The predicted molar refractivity (Wildman–Crippen MR) is 86.5 cm³/mol. The second kappa shape index (κ2) is 6.69. The maximum atomic E-state index is 9.38. The first-order valence-electron chi connectivity index (χ1n) is 6.19. The Morgan fingerprint density at radius 3 is 2.60 bits per heavy atom. The summed E-state index contributed by atoms with van der Waals surface area (Å²) in [6.07, 6.45) is 1.98. The van der Waals surface area contributed by atoms with Crippen molar-refractivity contribution in [2.24, 2.45) is 0 Å². The highest BCUT2D eigenvalue weighted by molar-refractivity contribution is 7.98. The molecule has 0 aliphatic carbocycles. The standard InChI is InChI=1S/C16H15ClN2S/c1-19(11-12-6-3-4-7-14(12)17)15-8-5-9-16(20-2)13(15)10-18/h3-9H,11H2,1-2H3. The summed E-state index contributed by atoms with van der Waals surface area (Å²) in [5.74, 6) is 0. The summed E-state index contributed by atoms with van der Waals surface area (Å²) in [6.45, 7) is 0.673. The molecule has 0 atom stereocenters. The van der Waals surface area contributed by atoms with Crippen LogP contribution in [-0.2, 0) is 6.54 Å². The largest absolute Gasteiger partial charge is 0.369 e. The Bertz CT molecular complexity index is 649. The van der Waals surface area contributed by atoms with Crippen LogP contribution in [0.15, 0.2) is 47.4 Å². The molecule has 0 fully saturated rings. The highest BCUT2D eigenvalue weighted by Gasteiger charge is 2.12. The van der Waals surface area contributed by atoms with Crippen molar-refractivity contribution in [3.63, 3.8) is 0 Å². The van der Waals surface area contributed by atoms with Crippen molar-refractivity contribution in [3.05, 3.63) is 58.6 Å². The Kier molecular flexibility index (Phi) is 4.94.